The van der Waals surface area contributed by atoms with Crippen LogP contribution in [0, 0.1) is 17.8 Å². The first-order chi connectivity index (χ1) is 10.7. The number of amides is 2. The first kappa shape index (κ1) is 13.8. The van der Waals surface area contributed by atoms with Gasteiger partial charge in [0.2, 0.25) is 5.91 Å². The Morgan fingerprint density at radius 3 is 2.59 bits per heavy atom. The van der Waals surface area contributed by atoms with Crippen LogP contribution in [0.25, 0.3) is 0 Å². The summed E-state index contributed by atoms with van der Waals surface area (Å²) in [5.74, 6) is 2.16. The van der Waals surface area contributed by atoms with Gasteiger partial charge in [-0.25, -0.2) is 9.69 Å². The maximum Gasteiger partial charge on any atom is 0.416 e. The second-order valence-electron chi connectivity index (χ2n) is 6.98. The molecule has 4 heteroatoms. The Kier molecular flexibility index (Phi) is 3.40. The van der Waals surface area contributed by atoms with E-state index in [1.165, 1.54) is 24.2 Å². The van der Waals surface area contributed by atoms with Gasteiger partial charge in [0.15, 0.2) is 0 Å². The summed E-state index contributed by atoms with van der Waals surface area (Å²) in [6.45, 7) is 0.315. The second-order valence-corrected chi connectivity index (χ2v) is 6.98. The topological polar surface area (TPSA) is 46.6 Å². The second kappa shape index (κ2) is 5.41. The molecule has 0 bridgehead atoms. The first-order valence-corrected chi connectivity index (χ1v) is 8.23. The molecular weight excluding hydrogens is 278 g/mol. The quantitative estimate of drug-likeness (QED) is 0.858. The van der Waals surface area contributed by atoms with Crippen LogP contribution in [0.1, 0.15) is 31.2 Å². The van der Waals surface area contributed by atoms with Crippen LogP contribution in [0.2, 0.25) is 0 Å². The Labute approximate surface area is 130 Å². The SMILES string of the molecule is O=C(C[C@H]1C[C@@H]2C[C@@H]2C1)N1C(=O)OC[C@@H]1Cc1ccccc1. The zero-order valence-electron chi connectivity index (χ0n) is 12.6. The van der Waals surface area contributed by atoms with Crippen molar-refractivity contribution in [3.8, 4) is 0 Å². The van der Waals surface area contributed by atoms with Gasteiger partial charge in [-0.15, -0.1) is 0 Å². The minimum Gasteiger partial charge on any atom is -0.447 e. The van der Waals surface area contributed by atoms with Crippen molar-refractivity contribution in [2.75, 3.05) is 6.61 Å². The molecule has 0 radical (unpaired) electrons. The summed E-state index contributed by atoms with van der Waals surface area (Å²) in [5, 5.41) is 0. The number of hydrogen-bond donors (Lipinski definition) is 0. The molecule has 0 N–H and O–H groups in total. The summed E-state index contributed by atoms with van der Waals surface area (Å²) in [5.41, 5.74) is 1.13. The molecule has 3 fully saturated rings. The standard InChI is InChI=1S/C18H21NO3/c20-17(9-13-6-14-10-15(14)7-13)19-16(11-22-18(19)21)8-12-4-2-1-3-5-12/h1-5,13-16H,6-11H2/t13-,14+,15-,16-/m0/s1. The highest BCUT2D eigenvalue weighted by atomic mass is 16.6. The molecular formula is C18H21NO3. The number of carbonyl (C=O) groups excluding carboxylic acids is 2. The molecule has 116 valence electrons. The van der Waals surface area contributed by atoms with E-state index in [-0.39, 0.29) is 11.9 Å². The number of fused-ring (bicyclic) bond motifs is 1. The largest absolute Gasteiger partial charge is 0.447 e. The van der Waals surface area contributed by atoms with Gasteiger partial charge in [0.05, 0.1) is 6.04 Å². The van der Waals surface area contributed by atoms with E-state index in [1.807, 2.05) is 30.3 Å². The number of ether oxygens (including phenoxy) is 1. The van der Waals surface area contributed by atoms with Crippen molar-refractivity contribution in [1.29, 1.82) is 0 Å². The minimum atomic E-state index is -0.464. The predicted molar refractivity (Wildman–Crippen MR) is 81.1 cm³/mol. The fourth-order valence-corrected chi connectivity index (χ4v) is 4.15. The van der Waals surface area contributed by atoms with Gasteiger partial charge in [-0.2, -0.15) is 0 Å². The van der Waals surface area contributed by atoms with Crippen LogP contribution in [0.15, 0.2) is 30.3 Å². The lowest BCUT2D eigenvalue weighted by atomic mass is 9.98. The van der Waals surface area contributed by atoms with Gasteiger partial charge in [0, 0.05) is 6.42 Å². The highest BCUT2D eigenvalue weighted by Crippen LogP contribution is 2.55. The first-order valence-electron chi connectivity index (χ1n) is 8.23. The number of nitrogens with zero attached hydrogens (tertiary/aromatic N) is 1. The lowest BCUT2D eigenvalue weighted by Crippen LogP contribution is -2.40. The van der Waals surface area contributed by atoms with Gasteiger partial charge in [0.25, 0.3) is 0 Å². The van der Waals surface area contributed by atoms with E-state index in [9.17, 15) is 9.59 Å². The molecule has 2 aliphatic carbocycles. The number of cyclic esters (lactones) is 1. The molecule has 3 aliphatic rings. The zero-order valence-corrected chi connectivity index (χ0v) is 12.6. The predicted octanol–water partition coefficient (Wildman–Crippen LogP) is 3.01. The van der Waals surface area contributed by atoms with Crippen molar-refractivity contribution in [2.45, 2.75) is 38.1 Å². The van der Waals surface area contributed by atoms with Gasteiger partial charge in [-0.3, -0.25) is 4.79 Å². The van der Waals surface area contributed by atoms with E-state index < -0.39 is 6.09 Å². The Morgan fingerprint density at radius 2 is 1.86 bits per heavy atom. The van der Waals surface area contributed by atoms with E-state index in [0.29, 0.717) is 25.4 Å². The van der Waals surface area contributed by atoms with Gasteiger partial charge < -0.3 is 4.74 Å². The fraction of sp³-hybridized carbons (Fsp3) is 0.556. The molecule has 22 heavy (non-hydrogen) atoms. The number of benzene rings is 1. The molecule has 0 unspecified atom stereocenters. The number of hydrogen-bond acceptors (Lipinski definition) is 3. The normalized spacial score (nSPS) is 32.7. The maximum atomic E-state index is 12.6. The van der Waals surface area contributed by atoms with Crippen LogP contribution in [0.4, 0.5) is 4.79 Å². The van der Waals surface area contributed by atoms with Crippen molar-refractivity contribution >= 4 is 12.0 Å². The number of imide groups is 1. The molecule has 0 spiro atoms. The van der Waals surface area contributed by atoms with Crippen LogP contribution in [-0.2, 0) is 16.0 Å². The lowest BCUT2D eigenvalue weighted by molar-refractivity contribution is -0.130. The molecule has 4 nitrogen and oxygen atoms in total. The van der Waals surface area contributed by atoms with Crippen LogP contribution in [0.5, 0.6) is 0 Å². The molecule has 0 aromatic heterocycles. The molecule has 1 heterocycles. The summed E-state index contributed by atoms with van der Waals surface area (Å²) < 4.78 is 5.13. The Balaban J connectivity index is 1.41. The maximum absolute atomic E-state index is 12.6. The van der Waals surface area contributed by atoms with Crippen LogP contribution < -0.4 is 0 Å². The molecule has 2 saturated carbocycles. The van der Waals surface area contributed by atoms with Crippen molar-refractivity contribution in [3.05, 3.63) is 35.9 Å². The van der Waals surface area contributed by atoms with Crippen molar-refractivity contribution in [3.63, 3.8) is 0 Å². The van der Waals surface area contributed by atoms with E-state index in [0.717, 1.165) is 17.4 Å². The van der Waals surface area contributed by atoms with Gasteiger partial charge >= 0.3 is 6.09 Å². The van der Waals surface area contributed by atoms with Gasteiger partial charge in [-0.1, -0.05) is 30.3 Å². The van der Waals surface area contributed by atoms with Crippen molar-refractivity contribution < 1.29 is 14.3 Å². The average Bonchev–Trinajstić information content (AvgIpc) is 2.95. The Bertz CT molecular complexity index is 575. The third kappa shape index (κ3) is 2.62. The average molecular weight is 299 g/mol. The van der Waals surface area contributed by atoms with E-state index in [4.69, 9.17) is 4.74 Å². The Morgan fingerprint density at radius 1 is 1.14 bits per heavy atom. The fourth-order valence-electron chi connectivity index (χ4n) is 4.15. The van der Waals surface area contributed by atoms with E-state index in [1.54, 1.807) is 0 Å². The third-order valence-corrected chi connectivity index (χ3v) is 5.35. The third-order valence-electron chi connectivity index (χ3n) is 5.35. The summed E-state index contributed by atoms with van der Waals surface area (Å²) in [6.07, 6.45) is 4.41. The molecule has 2 amide bonds. The monoisotopic (exact) mass is 299 g/mol. The highest BCUT2D eigenvalue weighted by Gasteiger charge is 2.47. The number of carbonyl (C=O) groups is 2. The summed E-state index contributed by atoms with van der Waals surface area (Å²) in [4.78, 5) is 25.9. The zero-order chi connectivity index (χ0) is 15.1. The van der Waals surface area contributed by atoms with E-state index >= 15 is 0 Å². The van der Waals surface area contributed by atoms with Crippen LogP contribution in [0.3, 0.4) is 0 Å². The minimum absolute atomic E-state index is 0.0465. The summed E-state index contributed by atoms with van der Waals surface area (Å²) in [7, 11) is 0. The molecule has 4 rings (SSSR count). The van der Waals surface area contributed by atoms with Gasteiger partial charge in [0.1, 0.15) is 6.61 Å². The summed E-state index contributed by atoms with van der Waals surface area (Å²) in [6, 6.07) is 9.81. The van der Waals surface area contributed by atoms with Crippen LogP contribution in [-0.4, -0.2) is 29.5 Å². The highest BCUT2D eigenvalue weighted by molar-refractivity contribution is 5.93. The molecule has 4 atom stereocenters. The Hall–Kier alpha value is -1.84. The molecule has 1 aromatic rings. The molecule has 1 aromatic carbocycles. The molecule has 1 saturated heterocycles. The van der Waals surface area contributed by atoms with Crippen molar-refractivity contribution in [1.82, 2.24) is 4.90 Å². The summed E-state index contributed by atoms with van der Waals surface area (Å²) >= 11 is 0. The smallest absolute Gasteiger partial charge is 0.416 e. The molecule has 1 aliphatic heterocycles. The van der Waals surface area contributed by atoms with Crippen LogP contribution >= 0.6 is 0 Å². The lowest BCUT2D eigenvalue weighted by Gasteiger charge is -2.21. The van der Waals surface area contributed by atoms with Gasteiger partial charge in [-0.05, 0) is 49.0 Å². The van der Waals surface area contributed by atoms with E-state index in [2.05, 4.69) is 0 Å². The van der Waals surface area contributed by atoms with Crippen molar-refractivity contribution in [2.24, 2.45) is 17.8 Å². The number of rotatable bonds is 4.